The minimum absolute atomic E-state index is 0.0987. The van der Waals surface area contributed by atoms with Gasteiger partial charge in [-0.2, -0.15) is 0 Å². The maximum Gasteiger partial charge on any atom is 0.573 e. The molecule has 1 fully saturated rings. The first-order chi connectivity index (χ1) is 19.6. The molecule has 1 aliphatic heterocycles. The fraction of sp³-hybridized carbons (Fsp3) is 0.281. The number of fused-ring (bicyclic) bond motifs is 1. The van der Waals surface area contributed by atoms with Crippen LogP contribution in [0.25, 0.3) is 17.2 Å². The van der Waals surface area contributed by atoms with Gasteiger partial charge in [-0.1, -0.05) is 42.5 Å². The van der Waals surface area contributed by atoms with Crippen LogP contribution in [0.4, 0.5) is 22.0 Å². The molecule has 41 heavy (non-hydrogen) atoms. The molecule has 1 saturated heterocycles. The molecule has 2 aliphatic rings. The van der Waals surface area contributed by atoms with Crippen LogP contribution in [-0.2, 0) is 6.42 Å². The number of rotatable bonds is 8. The molecule has 0 unspecified atom stereocenters. The number of nitrogens with zero attached hydrogens (tertiary/aromatic N) is 1. The number of likely N-dealkylation sites (tertiary alicyclic amines) is 1. The third kappa shape index (κ3) is 6.51. The molecule has 214 valence electrons. The van der Waals surface area contributed by atoms with Gasteiger partial charge in [0.15, 0.2) is 0 Å². The van der Waals surface area contributed by atoms with Gasteiger partial charge >= 0.3 is 12.3 Å². The van der Waals surface area contributed by atoms with Crippen LogP contribution in [0, 0.1) is 5.82 Å². The van der Waals surface area contributed by atoms with E-state index in [1.165, 1.54) is 17.7 Å². The lowest BCUT2D eigenvalue weighted by Crippen LogP contribution is -2.40. The zero-order valence-corrected chi connectivity index (χ0v) is 22.1. The van der Waals surface area contributed by atoms with Crippen molar-refractivity contribution in [1.82, 2.24) is 4.90 Å². The van der Waals surface area contributed by atoms with E-state index in [4.69, 9.17) is 0 Å². The second-order valence-corrected chi connectivity index (χ2v) is 10.2. The van der Waals surface area contributed by atoms with Crippen molar-refractivity contribution in [2.75, 3.05) is 26.3 Å². The van der Waals surface area contributed by atoms with E-state index in [-0.39, 0.29) is 24.2 Å². The Labute approximate surface area is 234 Å². The van der Waals surface area contributed by atoms with Gasteiger partial charge in [0.25, 0.3) is 0 Å². The molecule has 9 heteroatoms. The Morgan fingerprint density at radius 3 is 2.46 bits per heavy atom. The summed E-state index contributed by atoms with van der Waals surface area (Å²) in [6, 6.07) is 15.5. The van der Waals surface area contributed by atoms with Gasteiger partial charge in [0, 0.05) is 19.6 Å². The van der Waals surface area contributed by atoms with Crippen LogP contribution in [0.5, 0.6) is 5.75 Å². The van der Waals surface area contributed by atoms with Gasteiger partial charge in [0.2, 0.25) is 0 Å². The van der Waals surface area contributed by atoms with Crippen molar-refractivity contribution in [3.8, 4) is 5.75 Å². The quantitative estimate of drug-likeness (QED) is 0.282. The SMILES string of the molecule is O=C(O)c1ccc2c(c1)CCCC(c1c(F)cccc1OC(F)(F)F)=C2c1ccc(C=C2CN(CCCF)C2)cc1. The van der Waals surface area contributed by atoms with Crippen molar-refractivity contribution < 1.29 is 36.6 Å². The zero-order chi connectivity index (χ0) is 29.1. The summed E-state index contributed by atoms with van der Waals surface area (Å²) in [4.78, 5) is 13.8. The highest BCUT2D eigenvalue weighted by Gasteiger charge is 2.34. The smallest absolute Gasteiger partial charge is 0.478 e. The first-order valence-electron chi connectivity index (χ1n) is 13.4. The lowest BCUT2D eigenvalue weighted by molar-refractivity contribution is -0.274. The molecule has 0 amide bonds. The predicted octanol–water partition coefficient (Wildman–Crippen LogP) is 7.78. The molecule has 1 heterocycles. The lowest BCUT2D eigenvalue weighted by Gasteiger charge is -2.33. The Bertz CT molecular complexity index is 1500. The number of alkyl halides is 4. The van der Waals surface area contributed by atoms with Gasteiger partial charge in [-0.25, -0.2) is 9.18 Å². The van der Waals surface area contributed by atoms with Gasteiger partial charge in [0.1, 0.15) is 11.6 Å². The minimum Gasteiger partial charge on any atom is -0.478 e. The number of hydrogen-bond donors (Lipinski definition) is 1. The van der Waals surface area contributed by atoms with Crippen LogP contribution >= 0.6 is 0 Å². The molecule has 0 bridgehead atoms. The number of halogens is 5. The fourth-order valence-corrected chi connectivity index (χ4v) is 5.55. The Balaban J connectivity index is 1.61. The van der Waals surface area contributed by atoms with Crippen LogP contribution in [0.15, 0.2) is 66.2 Å². The van der Waals surface area contributed by atoms with Gasteiger partial charge in [0.05, 0.1) is 17.8 Å². The van der Waals surface area contributed by atoms with Gasteiger partial charge < -0.3 is 9.84 Å². The molecule has 4 nitrogen and oxygen atoms in total. The van der Waals surface area contributed by atoms with E-state index in [0.29, 0.717) is 48.1 Å². The molecule has 0 saturated carbocycles. The zero-order valence-electron chi connectivity index (χ0n) is 22.1. The van der Waals surface area contributed by atoms with Crippen LogP contribution in [0.2, 0.25) is 0 Å². The molecule has 3 aromatic carbocycles. The Morgan fingerprint density at radius 2 is 1.78 bits per heavy atom. The number of carboxylic acid groups (broad SMARTS) is 1. The second-order valence-electron chi connectivity index (χ2n) is 10.2. The molecule has 1 N–H and O–H groups in total. The van der Waals surface area contributed by atoms with Crippen LogP contribution in [-0.4, -0.2) is 48.6 Å². The van der Waals surface area contributed by atoms with E-state index < -0.39 is 23.9 Å². The Hall–Kier alpha value is -3.98. The summed E-state index contributed by atoms with van der Waals surface area (Å²) in [5, 5.41) is 9.53. The van der Waals surface area contributed by atoms with Crippen LogP contribution in [0.3, 0.4) is 0 Å². The maximum atomic E-state index is 15.3. The highest BCUT2D eigenvalue weighted by atomic mass is 19.4. The average Bonchev–Trinajstić information content (AvgIpc) is 3.08. The van der Waals surface area contributed by atoms with E-state index in [1.54, 1.807) is 12.1 Å². The number of aryl methyl sites for hydroxylation is 1. The normalized spacial score (nSPS) is 15.7. The number of benzene rings is 3. The van der Waals surface area contributed by atoms with Crippen LogP contribution in [0.1, 0.15) is 57.4 Å². The number of carboxylic acids is 1. The number of allylic oxidation sites excluding steroid dienone is 1. The van der Waals surface area contributed by atoms with E-state index in [2.05, 4.69) is 15.7 Å². The topological polar surface area (TPSA) is 49.8 Å². The van der Waals surface area contributed by atoms with Crippen molar-refractivity contribution >= 4 is 23.2 Å². The summed E-state index contributed by atoms with van der Waals surface area (Å²) >= 11 is 0. The molecular formula is C32H28F5NO3. The first kappa shape index (κ1) is 28.5. The molecular weight excluding hydrogens is 541 g/mol. The third-order valence-corrected chi connectivity index (χ3v) is 7.33. The summed E-state index contributed by atoms with van der Waals surface area (Å²) in [6.07, 6.45) is -1.26. The lowest BCUT2D eigenvalue weighted by atomic mass is 9.86. The monoisotopic (exact) mass is 569 g/mol. The molecule has 0 radical (unpaired) electrons. The molecule has 0 atom stereocenters. The van der Waals surface area contributed by atoms with Gasteiger partial charge in [-0.3, -0.25) is 9.29 Å². The second kappa shape index (κ2) is 11.9. The number of carbonyl (C=O) groups is 1. The molecule has 5 rings (SSSR count). The number of ether oxygens (including phenoxy) is 1. The summed E-state index contributed by atoms with van der Waals surface area (Å²) in [7, 11) is 0. The van der Waals surface area contributed by atoms with Gasteiger partial charge in [-0.15, -0.1) is 13.2 Å². The first-order valence-corrected chi connectivity index (χ1v) is 13.4. The largest absolute Gasteiger partial charge is 0.573 e. The molecule has 0 spiro atoms. The van der Waals surface area contributed by atoms with Crippen molar-refractivity contribution in [3.63, 3.8) is 0 Å². The highest BCUT2D eigenvalue weighted by Crippen LogP contribution is 2.44. The Morgan fingerprint density at radius 1 is 1.02 bits per heavy atom. The van der Waals surface area contributed by atoms with Crippen molar-refractivity contribution in [2.45, 2.75) is 32.0 Å². The number of hydrogen-bond acceptors (Lipinski definition) is 3. The van der Waals surface area contributed by atoms with Crippen LogP contribution < -0.4 is 4.74 Å². The van der Waals surface area contributed by atoms with Crippen molar-refractivity contribution in [2.24, 2.45) is 0 Å². The predicted molar refractivity (Wildman–Crippen MR) is 147 cm³/mol. The number of aromatic carboxylic acids is 1. The molecule has 0 aromatic heterocycles. The maximum absolute atomic E-state index is 15.3. The van der Waals surface area contributed by atoms with Gasteiger partial charge in [-0.05, 0) is 88.9 Å². The standard InChI is InChI=1S/C32H28F5NO3/c33-14-3-15-38-18-21(19-38)16-20-8-10-22(11-9-20)29-25-13-12-24(31(39)40)17-23(25)4-1-5-26(29)30-27(34)6-2-7-28(30)41-32(35,36)37/h2,6-13,16-17H,1,3-5,14-15,18-19H2,(H,39,40). The minimum atomic E-state index is -5.01. The highest BCUT2D eigenvalue weighted by molar-refractivity contribution is 6.01. The fourth-order valence-electron chi connectivity index (χ4n) is 5.55. The van der Waals surface area contributed by atoms with E-state index in [9.17, 15) is 27.5 Å². The van der Waals surface area contributed by atoms with E-state index in [0.717, 1.165) is 36.3 Å². The van der Waals surface area contributed by atoms with E-state index in [1.807, 2.05) is 24.3 Å². The third-order valence-electron chi connectivity index (χ3n) is 7.33. The average molecular weight is 570 g/mol. The summed E-state index contributed by atoms with van der Waals surface area (Å²) < 4.78 is 72.0. The van der Waals surface area contributed by atoms with Crippen molar-refractivity contribution in [3.05, 3.63) is 105 Å². The molecule has 1 aliphatic carbocycles. The molecule has 3 aromatic rings. The summed E-state index contributed by atoms with van der Waals surface area (Å²) in [6.45, 7) is 1.91. The Kier molecular flexibility index (Phi) is 8.26. The van der Waals surface area contributed by atoms with Crippen molar-refractivity contribution in [1.29, 1.82) is 0 Å². The summed E-state index contributed by atoms with van der Waals surface area (Å²) in [5.41, 5.74) is 4.88. The van der Waals surface area contributed by atoms with E-state index >= 15 is 4.39 Å². The summed E-state index contributed by atoms with van der Waals surface area (Å²) in [5.74, 6) is -2.55.